The second-order valence-electron chi connectivity index (χ2n) is 7.04. The number of hydrogen-bond acceptors (Lipinski definition) is 5. The van der Waals surface area contributed by atoms with Gasteiger partial charge in [0.2, 0.25) is 0 Å². The molecule has 1 saturated carbocycles. The number of hydrazone groups is 1. The van der Waals surface area contributed by atoms with E-state index in [1.165, 1.54) is 6.33 Å². The van der Waals surface area contributed by atoms with E-state index in [1.54, 1.807) is 30.5 Å². The van der Waals surface area contributed by atoms with Gasteiger partial charge in [-0.2, -0.15) is 13.5 Å². The van der Waals surface area contributed by atoms with E-state index < -0.39 is 10.0 Å². The number of hydrogen-bond donors (Lipinski definition) is 1. The minimum Gasteiger partial charge on any atom is -0.329 e. The van der Waals surface area contributed by atoms with Gasteiger partial charge >= 0.3 is 0 Å². The van der Waals surface area contributed by atoms with Crippen molar-refractivity contribution in [3.05, 3.63) is 53.6 Å². The van der Waals surface area contributed by atoms with Crippen LogP contribution in [0.2, 0.25) is 5.15 Å². The summed E-state index contributed by atoms with van der Waals surface area (Å²) in [5.41, 5.74) is 1.83. The fourth-order valence-corrected chi connectivity index (χ4v) is 4.58. The minimum atomic E-state index is -3.64. The summed E-state index contributed by atoms with van der Waals surface area (Å²) in [5.74, 6) is 0.195. The average Bonchev–Trinajstić information content (AvgIpc) is 3.29. The zero-order valence-corrected chi connectivity index (χ0v) is 16.9. The standard InChI is InChI=1S/C19H20ClN5O2S/c1-13-2-6-16(7-3-13)28(26,27)24-23-11-14-4-5-15(10-14)25-9-8-17-18(20)21-12-22-19(17)25/h2-3,6-9,11-12,14-15,24H,4-5,10H2,1H3/b23-11+. The van der Waals surface area contributed by atoms with Gasteiger partial charge in [0.25, 0.3) is 10.0 Å². The van der Waals surface area contributed by atoms with E-state index in [2.05, 4.69) is 24.5 Å². The zero-order chi connectivity index (χ0) is 19.7. The predicted octanol–water partition coefficient (Wildman–Crippen LogP) is 3.70. The number of rotatable bonds is 5. The summed E-state index contributed by atoms with van der Waals surface area (Å²) in [6.07, 6.45) is 7.90. The van der Waals surface area contributed by atoms with Gasteiger partial charge in [-0.15, -0.1) is 0 Å². The molecule has 0 amide bonds. The highest BCUT2D eigenvalue weighted by Crippen LogP contribution is 2.36. The highest BCUT2D eigenvalue weighted by Gasteiger charge is 2.26. The molecule has 0 bridgehead atoms. The van der Waals surface area contributed by atoms with Gasteiger partial charge in [-0.1, -0.05) is 29.3 Å². The monoisotopic (exact) mass is 417 g/mol. The number of halogens is 1. The highest BCUT2D eigenvalue weighted by atomic mass is 35.5. The summed E-state index contributed by atoms with van der Waals surface area (Å²) in [6.45, 7) is 1.91. The molecule has 0 saturated heterocycles. The molecule has 1 N–H and O–H groups in total. The van der Waals surface area contributed by atoms with E-state index in [4.69, 9.17) is 11.6 Å². The molecule has 0 radical (unpaired) electrons. The number of sulfonamides is 1. The Labute approximate surface area is 168 Å². The highest BCUT2D eigenvalue weighted by molar-refractivity contribution is 7.89. The Bertz CT molecular complexity index is 1120. The SMILES string of the molecule is Cc1ccc(S(=O)(=O)N/N=C/C2CCC(n3ccc4c(Cl)ncnc43)C2)cc1. The van der Waals surface area contributed by atoms with Crippen LogP contribution in [0.25, 0.3) is 11.0 Å². The molecular weight excluding hydrogens is 398 g/mol. The molecular formula is C19H20ClN5O2S. The topological polar surface area (TPSA) is 89.2 Å². The molecule has 3 aromatic rings. The summed E-state index contributed by atoms with van der Waals surface area (Å²) in [6, 6.07) is 8.86. The average molecular weight is 418 g/mol. The van der Waals surface area contributed by atoms with Gasteiger partial charge in [0.1, 0.15) is 17.1 Å². The van der Waals surface area contributed by atoms with E-state index in [0.29, 0.717) is 5.15 Å². The molecule has 7 nitrogen and oxygen atoms in total. The van der Waals surface area contributed by atoms with Crippen molar-refractivity contribution in [1.82, 2.24) is 19.4 Å². The molecule has 1 aromatic carbocycles. The molecule has 1 aliphatic carbocycles. The molecule has 0 aliphatic heterocycles. The van der Waals surface area contributed by atoms with Crippen LogP contribution in [0.5, 0.6) is 0 Å². The van der Waals surface area contributed by atoms with Gasteiger partial charge in [-0.25, -0.2) is 14.8 Å². The minimum absolute atomic E-state index is 0.195. The van der Waals surface area contributed by atoms with Gasteiger partial charge in [0.15, 0.2) is 0 Å². The molecule has 146 valence electrons. The maximum atomic E-state index is 12.3. The third-order valence-electron chi connectivity index (χ3n) is 5.09. The van der Waals surface area contributed by atoms with Gasteiger partial charge in [-0.3, -0.25) is 0 Å². The van der Waals surface area contributed by atoms with Crippen LogP contribution in [0, 0.1) is 12.8 Å². The van der Waals surface area contributed by atoms with E-state index in [0.717, 1.165) is 35.9 Å². The fraction of sp³-hybridized carbons (Fsp3) is 0.316. The van der Waals surface area contributed by atoms with Gasteiger partial charge in [0, 0.05) is 18.5 Å². The van der Waals surface area contributed by atoms with Gasteiger partial charge < -0.3 is 4.57 Å². The third-order valence-corrected chi connectivity index (χ3v) is 6.63. The van der Waals surface area contributed by atoms with Gasteiger partial charge in [-0.05, 0) is 50.3 Å². The molecule has 28 heavy (non-hydrogen) atoms. The number of aromatic nitrogens is 3. The largest absolute Gasteiger partial charge is 0.329 e. The second kappa shape index (κ2) is 7.52. The van der Waals surface area contributed by atoms with Crippen LogP contribution in [0.15, 0.2) is 52.9 Å². The first kappa shape index (κ1) is 18.9. The second-order valence-corrected chi connectivity index (χ2v) is 9.06. The van der Waals surface area contributed by atoms with Crippen LogP contribution in [0.3, 0.4) is 0 Å². The van der Waals surface area contributed by atoms with E-state index in [9.17, 15) is 8.42 Å². The van der Waals surface area contributed by atoms with Crippen molar-refractivity contribution in [2.75, 3.05) is 0 Å². The van der Waals surface area contributed by atoms with Crippen molar-refractivity contribution >= 4 is 38.9 Å². The number of nitrogens with zero attached hydrogens (tertiary/aromatic N) is 4. The van der Waals surface area contributed by atoms with Crippen LogP contribution in [-0.2, 0) is 10.0 Å². The van der Waals surface area contributed by atoms with Crippen molar-refractivity contribution in [3.8, 4) is 0 Å². The number of nitrogens with one attached hydrogen (secondary N) is 1. The molecule has 9 heteroatoms. The Morgan fingerprint density at radius 2 is 2.00 bits per heavy atom. The summed E-state index contributed by atoms with van der Waals surface area (Å²) in [5, 5.41) is 5.29. The molecule has 2 atom stereocenters. The number of aryl methyl sites for hydroxylation is 1. The Morgan fingerprint density at radius 1 is 1.21 bits per heavy atom. The zero-order valence-electron chi connectivity index (χ0n) is 15.3. The molecule has 2 unspecified atom stereocenters. The lowest BCUT2D eigenvalue weighted by molar-refractivity contribution is 0.524. The third kappa shape index (κ3) is 3.74. The maximum absolute atomic E-state index is 12.3. The smallest absolute Gasteiger partial charge is 0.276 e. The molecule has 2 heterocycles. The first-order valence-corrected chi connectivity index (χ1v) is 10.9. The Morgan fingerprint density at radius 3 is 2.79 bits per heavy atom. The quantitative estimate of drug-likeness (QED) is 0.389. The first-order valence-electron chi connectivity index (χ1n) is 9.03. The summed E-state index contributed by atoms with van der Waals surface area (Å²) in [4.78, 5) is 10.9. The Hall–Kier alpha value is -2.45. The van der Waals surface area contributed by atoms with Crippen LogP contribution in [0.4, 0.5) is 0 Å². The summed E-state index contributed by atoms with van der Waals surface area (Å²) < 4.78 is 26.7. The van der Waals surface area contributed by atoms with Crippen LogP contribution >= 0.6 is 11.6 Å². The summed E-state index contributed by atoms with van der Waals surface area (Å²) >= 11 is 6.13. The molecule has 1 aliphatic rings. The number of benzene rings is 1. The van der Waals surface area contributed by atoms with Crippen molar-refractivity contribution < 1.29 is 8.42 Å². The van der Waals surface area contributed by atoms with E-state index in [1.807, 2.05) is 19.2 Å². The lowest BCUT2D eigenvalue weighted by Crippen LogP contribution is -2.19. The molecule has 4 rings (SSSR count). The molecule has 2 aromatic heterocycles. The van der Waals surface area contributed by atoms with E-state index in [-0.39, 0.29) is 16.9 Å². The molecule has 0 spiro atoms. The molecule has 1 fully saturated rings. The van der Waals surface area contributed by atoms with Crippen molar-refractivity contribution in [2.24, 2.45) is 11.0 Å². The Balaban J connectivity index is 1.42. The van der Waals surface area contributed by atoms with Crippen LogP contribution < -0.4 is 4.83 Å². The van der Waals surface area contributed by atoms with Crippen LogP contribution in [-0.4, -0.2) is 29.2 Å². The first-order chi connectivity index (χ1) is 13.4. The van der Waals surface area contributed by atoms with Crippen molar-refractivity contribution in [1.29, 1.82) is 0 Å². The lowest BCUT2D eigenvalue weighted by atomic mass is 10.1. The predicted molar refractivity (Wildman–Crippen MR) is 109 cm³/mol. The van der Waals surface area contributed by atoms with Crippen LogP contribution in [0.1, 0.15) is 30.9 Å². The van der Waals surface area contributed by atoms with Gasteiger partial charge in [0.05, 0.1) is 10.3 Å². The normalized spacial score (nSPS) is 20.2. The fourth-order valence-electron chi connectivity index (χ4n) is 3.59. The number of fused-ring (bicyclic) bond motifs is 1. The maximum Gasteiger partial charge on any atom is 0.276 e. The van der Waals surface area contributed by atoms with Crippen molar-refractivity contribution in [2.45, 2.75) is 37.1 Å². The van der Waals surface area contributed by atoms with E-state index >= 15 is 0 Å². The van der Waals surface area contributed by atoms with Crippen molar-refractivity contribution in [3.63, 3.8) is 0 Å². The Kier molecular flexibility index (Phi) is 5.07. The lowest BCUT2D eigenvalue weighted by Gasteiger charge is -2.13. The summed E-state index contributed by atoms with van der Waals surface area (Å²) in [7, 11) is -3.64.